The predicted octanol–water partition coefficient (Wildman–Crippen LogP) is 3.48. The zero-order valence-corrected chi connectivity index (χ0v) is 10.9. The summed E-state index contributed by atoms with van der Waals surface area (Å²) in [6, 6.07) is 17.7. The van der Waals surface area contributed by atoms with Crippen molar-refractivity contribution in [3.05, 3.63) is 72.3 Å². The number of rotatable bonds is 4. The second-order valence-corrected chi connectivity index (χ2v) is 4.28. The first-order valence-corrected chi connectivity index (χ1v) is 6.13. The largest absolute Gasteiger partial charge is 0.349 e. The quantitative estimate of drug-likeness (QED) is 0.482. The standard InChI is InChI=1S/C17H13NO2/c1-13(17(19)20-12-18)11-15-9-5-6-10-16(15)14-7-3-2-4-8-14/h2-10H,1,11H2. The summed E-state index contributed by atoms with van der Waals surface area (Å²) in [4.78, 5) is 11.5. The Morgan fingerprint density at radius 1 is 1.10 bits per heavy atom. The number of nitrogens with zero attached hydrogens (tertiary/aromatic N) is 1. The summed E-state index contributed by atoms with van der Waals surface area (Å²) < 4.78 is 4.29. The molecule has 0 fully saturated rings. The molecule has 0 bridgehead atoms. The highest BCUT2D eigenvalue weighted by atomic mass is 16.5. The first-order valence-electron chi connectivity index (χ1n) is 6.13. The van der Waals surface area contributed by atoms with E-state index in [1.54, 1.807) is 0 Å². The molecular formula is C17H13NO2. The molecule has 0 spiro atoms. The van der Waals surface area contributed by atoms with Gasteiger partial charge in [-0.25, -0.2) is 4.79 Å². The van der Waals surface area contributed by atoms with Gasteiger partial charge in [-0.05, 0) is 16.7 Å². The van der Waals surface area contributed by atoms with Crippen molar-refractivity contribution < 1.29 is 9.53 Å². The van der Waals surface area contributed by atoms with Gasteiger partial charge < -0.3 is 4.74 Å². The first-order chi connectivity index (χ1) is 9.72. The number of carbonyl (C=O) groups excluding carboxylic acids is 1. The molecule has 3 nitrogen and oxygen atoms in total. The molecule has 2 rings (SSSR count). The molecule has 0 aliphatic rings. The SMILES string of the molecule is C=C(Cc1ccccc1-c1ccccc1)C(=O)OC#N. The number of benzene rings is 2. The second kappa shape index (κ2) is 6.35. The normalized spacial score (nSPS) is 9.55. The maximum absolute atomic E-state index is 11.5. The van der Waals surface area contributed by atoms with Gasteiger partial charge in [-0.2, -0.15) is 0 Å². The van der Waals surface area contributed by atoms with E-state index in [9.17, 15) is 4.79 Å². The van der Waals surface area contributed by atoms with Crippen molar-refractivity contribution in [2.45, 2.75) is 6.42 Å². The molecule has 0 N–H and O–H groups in total. The van der Waals surface area contributed by atoms with E-state index in [2.05, 4.69) is 11.3 Å². The third-order valence-corrected chi connectivity index (χ3v) is 2.93. The zero-order chi connectivity index (χ0) is 14.4. The Hall–Kier alpha value is -2.86. The highest BCUT2D eigenvalue weighted by Crippen LogP contribution is 2.25. The molecule has 20 heavy (non-hydrogen) atoms. The van der Waals surface area contributed by atoms with Crippen LogP contribution in [-0.2, 0) is 16.0 Å². The molecule has 0 radical (unpaired) electrons. The molecule has 0 aliphatic carbocycles. The fraction of sp³-hybridized carbons (Fsp3) is 0.0588. The Morgan fingerprint density at radius 2 is 1.75 bits per heavy atom. The molecule has 0 amide bonds. The van der Waals surface area contributed by atoms with Gasteiger partial charge in [0, 0.05) is 12.0 Å². The minimum atomic E-state index is -0.685. The van der Waals surface area contributed by atoms with E-state index in [0.29, 0.717) is 6.42 Å². The fourth-order valence-corrected chi connectivity index (χ4v) is 1.99. The van der Waals surface area contributed by atoms with Crippen molar-refractivity contribution in [1.29, 1.82) is 5.26 Å². The van der Waals surface area contributed by atoms with Crippen molar-refractivity contribution in [2.75, 3.05) is 0 Å². The van der Waals surface area contributed by atoms with Crippen LogP contribution >= 0.6 is 0 Å². The van der Waals surface area contributed by atoms with Gasteiger partial charge in [0.05, 0.1) is 0 Å². The second-order valence-electron chi connectivity index (χ2n) is 4.28. The maximum Gasteiger partial charge on any atom is 0.349 e. The maximum atomic E-state index is 11.5. The molecule has 2 aromatic rings. The number of ether oxygens (including phenoxy) is 1. The van der Waals surface area contributed by atoms with Crippen molar-refractivity contribution in [3.63, 3.8) is 0 Å². The van der Waals surface area contributed by atoms with E-state index < -0.39 is 5.97 Å². The molecule has 0 atom stereocenters. The average molecular weight is 263 g/mol. The van der Waals surface area contributed by atoms with Gasteiger partial charge in [0.1, 0.15) is 0 Å². The molecule has 0 aromatic heterocycles. The average Bonchev–Trinajstić information content (AvgIpc) is 2.49. The molecule has 0 saturated heterocycles. The summed E-state index contributed by atoms with van der Waals surface area (Å²) in [5.74, 6) is -0.685. The van der Waals surface area contributed by atoms with Gasteiger partial charge in [0.15, 0.2) is 0 Å². The number of carbonyl (C=O) groups is 1. The Balaban J connectivity index is 2.28. The highest BCUT2D eigenvalue weighted by Gasteiger charge is 2.12. The minimum absolute atomic E-state index is 0.259. The van der Waals surface area contributed by atoms with Crippen LogP contribution in [0, 0.1) is 11.5 Å². The number of hydrogen-bond donors (Lipinski definition) is 0. The van der Waals surface area contributed by atoms with Gasteiger partial charge in [0.25, 0.3) is 6.26 Å². The monoisotopic (exact) mass is 263 g/mol. The minimum Gasteiger partial charge on any atom is -0.347 e. The van der Waals surface area contributed by atoms with Crippen molar-refractivity contribution >= 4 is 5.97 Å². The zero-order valence-electron chi connectivity index (χ0n) is 10.9. The summed E-state index contributed by atoms with van der Waals surface area (Å²) in [6.45, 7) is 3.68. The van der Waals surface area contributed by atoms with Gasteiger partial charge in [-0.1, -0.05) is 61.2 Å². The topological polar surface area (TPSA) is 50.1 Å². The number of esters is 1. The van der Waals surface area contributed by atoms with E-state index in [4.69, 9.17) is 5.26 Å². The third-order valence-electron chi connectivity index (χ3n) is 2.93. The van der Waals surface area contributed by atoms with Gasteiger partial charge in [-0.15, -0.1) is 5.26 Å². The lowest BCUT2D eigenvalue weighted by Gasteiger charge is -2.10. The van der Waals surface area contributed by atoms with Crippen LogP contribution in [0.25, 0.3) is 11.1 Å². The molecule has 0 aliphatic heterocycles. The van der Waals surface area contributed by atoms with Crippen LogP contribution < -0.4 is 0 Å². The van der Waals surface area contributed by atoms with Gasteiger partial charge in [0.2, 0.25) is 0 Å². The van der Waals surface area contributed by atoms with Crippen LogP contribution in [0.1, 0.15) is 5.56 Å². The number of nitriles is 1. The third kappa shape index (κ3) is 3.12. The molecule has 3 heteroatoms. The van der Waals surface area contributed by atoms with Crippen LogP contribution in [0.3, 0.4) is 0 Å². The van der Waals surface area contributed by atoms with Crippen LogP contribution in [0.15, 0.2) is 66.7 Å². The number of hydrogen-bond acceptors (Lipinski definition) is 3. The molecule has 98 valence electrons. The van der Waals surface area contributed by atoms with E-state index in [1.165, 1.54) is 6.26 Å². The van der Waals surface area contributed by atoms with E-state index >= 15 is 0 Å². The van der Waals surface area contributed by atoms with Crippen molar-refractivity contribution in [1.82, 2.24) is 0 Å². The van der Waals surface area contributed by atoms with Crippen LogP contribution in [0.4, 0.5) is 0 Å². The summed E-state index contributed by atoms with van der Waals surface area (Å²) >= 11 is 0. The highest BCUT2D eigenvalue weighted by molar-refractivity contribution is 5.89. The first kappa shape index (κ1) is 13.6. The predicted molar refractivity (Wildman–Crippen MR) is 76.4 cm³/mol. The Bertz CT molecular complexity index is 669. The Kier molecular flexibility index (Phi) is 4.31. The van der Waals surface area contributed by atoms with Crippen LogP contribution in [0.5, 0.6) is 0 Å². The van der Waals surface area contributed by atoms with Gasteiger partial charge in [-0.3, -0.25) is 0 Å². The molecule has 0 saturated carbocycles. The molecule has 0 heterocycles. The van der Waals surface area contributed by atoms with Crippen molar-refractivity contribution in [2.24, 2.45) is 0 Å². The Morgan fingerprint density at radius 3 is 2.45 bits per heavy atom. The van der Waals surface area contributed by atoms with Crippen LogP contribution in [0.2, 0.25) is 0 Å². The molecule has 2 aromatic carbocycles. The lowest BCUT2D eigenvalue weighted by atomic mass is 9.95. The van der Waals surface area contributed by atoms with E-state index in [0.717, 1.165) is 16.7 Å². The summed E-state index contributed by atoms with van der Waals surface area (Å²) in [5.41, 5.74) is 3.34. The fourth-order valence-electron chi connectivity index (χ4n) is 1.99. The van der Waals surface area contributed by atoms with E-state index in [1.807, 2.05) is 54.6 Å². The summed E-state index contributed by atoms with van der Waals surface area (Å²) in [7, 11) is 0. The lowest BCUT2D eigenvalue weighted by Crippen LogP contribution is -2.06. The van der Waals surface area contributed by atoms with Crippen molar-refractivity contribution in [3.8, 4) is 17.4 Å². The smallest absolute Gasteiger partial charge is 0.347 e. The van der Waals surface area contributed by atoms with E-state index in [-0.39, 0.29) is 5.57 Å². The van der Waals surface area contributed by atoms with Gasteiger partial charge >= 0.3 is 5.97 Å². The summed E-state index contributed by atoms with van der Waals surface area (Å²) in [6.07, 6.45) is 1.72. The Labute approximate surface area is 117 Å². The lowest BCUT2D eigenvalue weighted by molar-refractivity contribution is -0.132. The van der Waals surface area contributed by atoms with Crippen LogP contribution in [-0.4, -0.2) is 5.97 Å². The summed E-state index contributed by atoms with van der Waals surface area (Å²) in [5, 5.41) is 8.35. The molecular weight excluding hydrogens is 250 g/mol. The molecule has 0 unspecified atom stereocenters.